The lowest BCUT2D eigenvalue weighted by atomic mass is 10.1. The fourth-order valence-electron chi connectivity index (χ4n) is 1.76. The monoisotopic (exact) mass is 213 g/mol. The van der Waals surface area contributed by atoms with E-state index in [-0.39, 0.29) is 0 Å². The van der Waals surface area contributed by atoms with E-state index in [4.69, 9.17) is 0 Å². The Morgan fingerprint density at radius 1 is 1.25 bits per heavy atom. The van der Waals surface area contributed by atoms with Gasteiger partial charge in [0.2, 0.25) is 5.95 Å². The van der Waals surface area contributed by atoms with E-state index in [1.807, 2.05) is 18.3 Å². The molecule has 0 bridgehead atoms. The SMILES string of the molecule is Fc1cc2c(-c3cccnc3)c[nH]c2cn1. The van der Waals surface area contributed by atoms with Crippen LogP contribution in [-0.2, 0) is 0 Å². The number of nitrogens with zero attached hydrogens (tertiary/aromatic N) is 2. The molecule has 4 heteroatoms. The molecule has 1 N–H and O–H groups in total. The van der Waals surface area contributed by atoms with Crippen molar-refractivity contribution in [2.45, 2.75) is 0 Å². The minimum atomic E-state index is -0.475. The van der Waals surface area contributed by atoms with Crippen LogP contribution in [0.25, 0.3) is 22.0 Å². The number of pyridine rings is 2. The van der Waals surface area contributed by atoms with E-state index in [1.54, 1.807) is 12.4 Å². The number of aromatic nitrogens is 3. The van der Waals surface area contributed by atoms with Crippen LogP contribution in [0.15, 0.2) is 43.0 Å². The molecule has 0 atom stereocenters. The Morgan fingerprint density at radius 2 is 2.19 bits per heavy atom. The van der Waals surface area contributed by atoms with Gasteiger partial charge in [-0.15, -0.1) is 0 Å². The van der Waals surface area contributed by atoms with E-state index in [0.717, 1.165) is 22.0 Å². The lowest BCUT2D eigenvalue weighted by molar-refractivity contribution is 0.586. The van der Waals surface area contributed by atoms with Crippen molar-refractivity contribution in [2.75, 3.05) is 0 Å². The van der Waals surface area contributed by atoms with Crippen LogP contribution >= 0.6 is 0 Å². The molecule has 0 amide bonds. The van der Waals surface area contributed by atoms with Gasteiger partial charge in [-0.2, -0.15) is 4.39 Å². The highest BCUT2D eigenvalue weighted by Crippen LogP contribution is 2.27. The van der Waals surface area contributed by atoms with Gasteiger partial charge in [0.25, 0.3) is 0 Å². The smallest absolute Gasteiger partial charge is 0.213 e. The molecule has 0 saturated carbocycles. The van der Waals surface area contributed by atoms with Crippen molar-refractivity contribution < 1.29 is 4.39 Å². The number of hydrogen-bond acceptors (Lipinski definition) is 2. The lowest BCUT2D eigenvalue weighted by Gasteiger charge is -1.97. The minimum absolute atomic E-state index is 0.475. The second-order valence-electron chi connectivity index (χ2n) is 3.50. The van der Waals surface area contributed by atoms with Crippen LogP contribution in [0.5, 0.6) is 0 Å². The number of aromatic amines is 1. The first-order valence-electron chi connectivity index (χ1n) is 4.87. The maximum absolute atomic E-state index is 13.1. The fourth-order valence-corrected chi connectivity index (χ4v) is 1.76. The molecule has 3 aromatic rings. The van der Waals surface area contributed by atoms with Crippen molar-refractivity contribution in [3.05, 3.63) is 48.9 Å². The molecule has 0 saturated heterocycles. The topological polar surface area (TPSA) is 41.6 Å². The van der Waals surface area contributed by atoms with Gasteiger partial charge in [0.15, 0.2) is 0 Å². The third kappa shape index (κ3) is 1.35. The van der Waals surface area contributed by atoms with Crippen LogP contribution in [0, 0.1) is 5.95 Å². The molecule has 0 aromatic carbocycles. The second kappa shape index (κ2) is 3.41. The summed E-state index contributed by atoms with van der Waals surface area (Å²) in [6.45, 7) is 0. The maximum atomic E-state index is 13.1. The number of fused-ring (bicyclic) bond motifs is 1. The first-order chi connectivity index (χ1) is 7.84. The average Bonchev–Trinajstić information content (AvgIpc) is 2.73. The third-order valence-electron chi connectivity index (χ3n) is 2.51. The maximum Gasteiger partial charge on any atom is 0.213 e. The Bertz CT molecular complexity index is 631. The molecule has 3 aromatic heterocycles. The van der Waals surface area contributed by atoms with Gasteiger partial charge < -0.3 is 4.98 Å². The van der Waals surface area contributed by atoms with Crippen LogP contribution in [0.1, 0.15) is 0 Å². The number of halogens is 1. The molecule has 0 fully saturated rings. The van der Waals surface area contributed by atoms with Crippen molar-refractivity contribution in [3.8, 4) is 11.1 Å². The highest BCUT2D eigenvalue weighted by Gasteiger charge is 2.07. The van der Waals surface area contributed by atoms with Gasteiger partial charge in [-0.25, -0.2) is 4.98 Å². The Labute approximate surface area is 91.0 Å². The summed E-state index contributed by atoms with van der Waals surface area (Å²) in [6.07, 6.45) is 6.79. The molecule has 3 rings (SSSR count). The van der Waals surface area contributed by atoms with Gasteiger partial charge >= 0.3 is 0 Å². The van der Waals surface area contributed by atoms with E-state index in [1.165, 1.54) is 12.3 Å². The summed E-state index contributed by atoms with van der Waals surface area (Å²) in [4.78, 5) is 10.7. The van der Waals surface area contributed by atoms with Crippen LogP contribution in [0.2, 0.25) is 0 Å². The summed E-state index contributed by atoms with van der Waals surface area (Å²) >= 11 is 0. The Kier molecular flexibility index (Phi) is 1.93. The van der Waals surface area contributed by atoms with Gasteiger partial charge in [-0.05, 0) is 6.07 Å². The number of nitrogens with one attached hydrogen (secondary N) is 1. The molecule has 0 aliphatic heterocycles. The molecular formula is C12H8FN3. The van der Waals surface area contributed by atoms with Crippen molar-refractivity contribution in [2.24, 2.45) is 0 Å². The first kappa shape index (κ1) is 9.03. The largest absolute Gasteiger partial charge is 0.359 e. The normalized spacial score (nSPS) is 10.8. The minimum Gasteiger partial charge on any atom is -0.359 e. The van der Waals surface area contributed by atoms with Crippen molar-refractivity contribution in [1.29, 1.82) is 0 Å². The van der Waals surface area contributed by atoms with Crippen LogP contribution in [0.4, 0.5) is 4.39 Å². The molecule has 0 unspecified atom stereocenters. The molecule has 3 heterocycles. The third-order valence-corrected chi connectivity index (χ3v) is 2.51. The van der Waals surface area contributed by atoms with Gasteiger partial charge in [-0.1, -0.05) is 6.07 Å². The highest BCUT2D eigenvalue weighted by molar-refractivity contribution is 5.94. The summed E-state index contributed by atoms with van der Waals surface area (Å²) in [6, 6.07) is 5.22. The molecule has 16 heavy (non-hydrogen) atoms. The predicted octanol–water partition coefficient (Wildman–Crippen LogP) is 2.76. The average molecular weight is 213 g/mol. The Balaban J connectivity index is 2.29. The summed E-state index contributed by atoms with van der Waals surface area (Å²) in [7, 11) is 0. The number of rotatable bonds is 1. The molecule has 0 radical (unpaired) electrons. The molecule has 0 aliphatic rings. The van der Waals surface area contributed by atoms with Crippen molar-refractivity contribution in [1.82, 2.24) is 15.0 Å². The van der Waals surface area contributed by atoms with E-state index >= 15 is 0 Å². The Morgan fingerprint density at radius 3 is 3.00 bits per heavy atom. The van der Waals surface area contributed by atoms with E-state index < -0.39 is 5.95 Å². The molecule has 78 valence electrons. The Hall–Kier alpha value is -2.23. The van der Waals surface area contributed by atoms with Gasteiger partial charge in [0.1, 0.15) is 0 Å². The van der Waals surface area contributed by atoms with Crippen LogP contribution < -0.4 is 0 Å². The van der Waals surface area contributed by atoms with Crippen LogP contribution in [-0.4, -0.2) is 15.0 Å². The van der Waals surface area contributed by atoms with E-state index in [2.05, 4.69) is 15.0 Å². The summed E-state index contributed by atoms with van der Waals surface area (Å²) in [5, 5.41) is 0.820. The lowest BCUT2D eigenvalue weighted by Crippen LogP contribution is -1.81. The van der Waals surface area contributed by atoms with Crippen LogP contribution in [0.3, 0.4) is 0 Å². The highest BCUT2D eigenvalue weighted by atomic mass is 19.1. The zero-order valence-corrected chi connectivity index (χ0v) is 8.31. The van der Waals surface area contributed by atoms with E-state index in [9.17, 15) is 4.39 Å². The van der Waals surface area contributed by atoms with Gasteiger partial charge in [-0.3, -0.25) is 4.98 Å². The predicted molar refractivity (Wildman–Crippen MR) is 59.3 cm³/mol. The number of H-pyrrole nitrogens is 1. The summed E-state index contributed by atoms with van der Waals surface area (Å²) in [5.41, 5.74) is 2.71. The van der Waals surface area contributed by atoms with E-state index in [0.29, 0.717) is 0 Å². The summed E-state index contributed by atoms with van der Waals surface area (Å²) < 4.78 is 13.1. The molecule has 0 aliphatic carbocycles. The summed E-state index contributed by atoms with van der Waals surface area (Å²) in [5.74, 6) is -0.475. The second-order valence-corrected chi connectivity index (χ2v) is 3.50. The number of hydrogen-bond donors (Lipinski definition) is 1. The standard InChI is InChI=1S/C12H8FN3/c13-12-4-9-10(6-15-11(9)7-16-12)8-2-1-3-14-5-8/h1-7,15H. The van der Waals surface area contributed by atoms with Crippen molar-refractivity contribution in [3.63, 3.8) is 0 Å². The molecule has 0 spiro atoms. The van der Waals surface area contributed by atoms with Crippen molar-refractivity contribution >= 4 is 10.9 Å². The zero-order valence-electron chi connectivity index (χ0n) is 8.31. The quantitative estimate of drug-likeness (QED) is 0.631. The fraction of sp³-hybridized carbons (Fsp3) is 0. The zero-order chi connectivity index (χ0) is 11.0. The molecular weight excluding hydrogens is 205 g/mol. The van der Waals surface area contributed by atoms with Gasteiger partial charge in [0, 0.05) is 41.2 Å². The van der Waals surface area contributed by atoms with Gasteiger partial charge in [0.05, 0.1) is 11.7 Å². The first-order valence-corrected chi connectivity index (χ1v) is 4.87. The molecule has 3 nitrogen and oxygen atoms in total.